The monoisotopic (exact) mass is 490 g/mol. The average Bonchev–Trinajstić information content (AvgIpc) is 2.72. The number of hydrogen-bond acceptors (Lipinski definition) is 8. The molecule has 15 heteroatoms. The summed E-state index contributed by atoms with van der Waals surface area (Å²) in [5.74, 6) is -9.39. The van der Waals surface area contributed by atoms with Crippen LogP contribution in [0.25, 0.3) is 0 Å². The summed E-state index contributed by atoms with van der Waals surface area (Å²) in [7, 11) is 0. The molecule has 0 heterocycles. The molecule has 0 rings (SSSR count). The molecule has 0 radical (unpaired) electrons. The van der Waals surface area contributed by atoms with Crippen molar-refractivity contribution in [1.82, 2.24) is 16.0 Å². The first-order valence-electron chi connectivity index (χ1n) is 10.2. The van der Waals surface area contributed by atoms with Gasteiger partial charge in [0.1, 0.15) is 18.1 Å². The second-order valence-corrected chi connectivity index (χ2v) is 7.57. The van der Waals surface area contributed by atoms with Crippen molar-refractivity contribution in [3.05, 3.63) is 0 Å². The Morgan fingerprint density at radius 1 is 0.735 bits per heavy atom. The van der Waals surface area contributed by atoms with E-state index in [1.807, 2.05) is 5.32 Å². The lowest BCUT2D eigenvalue weighted by molar-refractivity contribution is -0.144. The Kier molecular flexibility index (Phi) is 12.8. The molecule has 0 aromatic carbocycles. The maximum absolute atomic E-state index is 12.7. The molecule has 0 aliphatic heterocycles. The van der Waals surface area contributed by atoms with E-state index in [1.165, 1.54) is 0 Å². The Morgan fingerprint density at radius 3 is 1.71 bits per heavy atom. The zero-order chi connectivity index (χ0) is 26.6. The summed E-state index contributed by atoms with van der Waals surface area (Å²) >= 11 is 0. The predicted octanol–water partition coefficient (Wildman–Crippen LogP) is -2.29. The highest BCUT2D eigenvalue weighted by atomic mass is 16.4. The third kappa shape index (κ3) is 11.2. The van der Waals surface area contributed by atoms with Crippen LogP contribution in [0.15, 0.2) is 0 Å². The largest absolute Gasteiger partial charge is 0.481 e. The van der Waals surface area contributed by atoms with Gasteiger partial charge in [0.05, 0.1) is 18.9 Å². The number of carbonyl (C=O) groups is 7. The first kappa shape index (κ1) is 30.2. The fourth-order valence-electron chi connectivity index (χ4n) is 2.69. The second-order valence-electron chi connectivity index (χ2n) is 7.57. The van der Waals surface area contributed by atoms with E-state index in [2.05, 4.69) is 10.6 Å². The topological polar surface area (TPSA) is 263 Å². The summed E-state index contributed by atoms with van der Waals surface area (Å²) in [6.07, 6.45) is -2.33. The Hall–Kier alpha value is -3.75. The van der Waals surface area contributed by atoms with Gasteiger partial charge in [-0.15, -0.1) is 0 Å². The smallest absolute Gasteiger partial charge is 0.326 e. The molecular weight excluding hydrogens is 460 g/mol. The first-order chi connectivity index (χ1) is 15.7. The lowest BCUT2D eigenvalue weighted by atomic mass is 9.97. The number of rotatable bonds is 16. The van der Waals surface area contributed by atoms with Crippen LogP contribution >= 0.6 is 0 Å². The summed E-state index contributed by atoms with van der Waals surface area (Å²) < 4.78 is 0. The van der Waals surface area contributed by atoms with E-state index in [0.717, 1.165) is 0 Å². The van der Waals surface area contributed by atoms with Gasteiger partial charge in [0, 0.05) is 6.42 Å². The van der Waals surface area contributed by atoms with Crippen LogP contribution in [0.4, 0.5) is 0 Å². The molecule has 9 N–H and O–H groups in total. The standard InChI is InChI=1S/C19H30N4O11/c1-3-8(2)15(18(32)21-10(19(33)34)4-5-12(24)25)23-17(31)11(7-14(28)29)22-16(30)9(20)6-13(26)27/h8-11,15H,3-7,20H2,1-2H3,(H,21,32)(H,22,30)(H,23,31)(H,24,25)(H,26,27)(H,28,29)(H,33,34). The van der Waals surface area contributed by atoms with Crippen molar-refractivity contribution in [3.63, 3.8) is 0 Å². The molecule has 0 spiro atoms. The summed E-state index contributed by atoms with van der Waals surface area (Å²) in [5, 5.41) is 42.2. The van der Waals surface area contributed by atoms with Crippen LogP contribution in [-0.2, 0) is 33.6 Å². The van der Waals surface area contributed by atoms with Crippen molar-refractivity contribution in [2.75, 3.05) is 0 Å². The van der Waals surface area contributed by atoms with Gasteiger partial charge in [-0.2, -0.15) is 0 Å². The number of carboxylic acid groups (broad SMARTS) is 4. The highest BCUT2D eigenvalue weighted by molar-refractivity contribution is 5.96. The number of aliphatic carboxylic acids is 4. The molecule has 5 atom stereocenters. The van der Waals surface area contributed by atoms with E-state index in [1.54, 1.807) is 13.8 Å². The molecule has 0 aromatic heterocycles. The Balaban J connectivity index is 5.59. The number of carbonyl (C=O) groups excluding carboxylic acids is 3. The van der Waals surface area contributed by atoms with Gasteiger partial charge in [-0.3, -0.25) is 28.8 Å². The van der Waals surface area contributed by atoms with Crippen LogP contribution in [-0.4, -0.2) is 86.2 Å². The van der Waals surface area contributed by atoms with Gasteiger partial charge >= 0.3 is 23.9 Å². The molecule has 0 saturated heterocycles. The highest BCUT2D eigenvalue weighted by Gasteiger charge is 2.33. The van der Waals surface area contributed by atoms with Gasteiger partial charge in [0.15, 0.2) is 0 Å². The summed E-state index contributed by atoms with van der Waals surface area (Å²) in [6, 6.07) is -6.20. The molecule has 5 unspecified atom stereocenters. The lowest BCUT2D eigenvalue weighted by Gasteiger charge is -2.27. The number of nitrogens with two attached hydrogens (primary N) is 1. The minimum atomic E-state index is -1.72. The normalized spacial score (nSPS) is 15.0. The molecule has 0 fully saturated rings. The maximum atomic E-state index is 12.7. The molecule has 34 heavy (non-hydrogen) atoms. The fourth-order valence-corrected chi connectivity index (χ4v) is 2.69. The van der Waals surface area contributed by atoms with E-state index in [-0.39, 0.29) is 0 Å². The van der Waals surface area contributed by atoms with Gasteiger partial charge in [-0.25, -0.2) is 4.79 Å². The van der Waals surface area contributed by atoms with Crippen molar-refractivity contribution in [3.8, 4) is 0 Å². The van der Waals surface area contributed by atoms with Crippen LogP contribution in [0.3, 0.4) is 0 Å². The number of nitrogens with one attached hydrogen (secondary N) is 3. The third-order valence-electron chi connectivity index (χ3n) is 4.80. The predicted molar refractivity (Wildman–Crippen MR) is 112 cm³/mol. The van der Waals surface area contributed by atoms with Crippen molar-refractivity contribution in [2.45, 2.75) is 70.1 Å². The van der Waals surface area contributed by atoms with E-state index in [4.69, 9.17) is 21.1 Å². The van der Waals surface area contributed by atoms with E-state index >= 15 is 0 Å². The van der Waals surface area contributed by atoms with Crippen LogP contribution in [0.2, 0.25) is 0 Å². The SMILES string of the molecule is CCC(C)C(NC(=O)C(CC(=O)O)NC(=O)C(N)CC(=O)O)C(=O)NC(CCC(=O)O)C(=O)O. The Labute approximate surface area is 194 Å². The summed E-state index contributed by atoms with van der Waals surface area (Å²) in [5.41, 5.74) is 5.42. The minimum absolute atomic E-state index is 0.324. The van der Waals surface area contributed by atoms with Gasteiger partial charge in [0.2, 0.25) is 17.7 Å². The molecule has 0 saturated carbocycles. The number of carboxylic acids is 4. The van der Waals surface area contributed by atoms with Crippen molar-refractivity contribution >= 4 is 41.6 Å². The van der Waals surface area contributed by atoms with Gasteiger partial charge in [-0.1, -0.05) is 20.3 Å². The summed E-state index contributed by atoms with van der Waals surface area (Å²) in [6.45, 7) is 3.21. The maximum Gasteiger partial charge on any atom is 0.326 e. The zero-order valence-electron chi connectivity index (χ0n) is 18.6. The van der Waals surface area contributed by atoms with Crippen LogP contribution in [0.1, 0.15) is 46.0 Å². The van der Waals surface area contributed by atoms with E-state index in [9.17, 15) is 38.7 Å². The molecule has 3 amide bonds. The molecular formula is C19H30N4O11. The Morgan fingerprint density at radius 2 is 1.26 bits per heavy atom. The van der Waals surface area contributed by atoms with Crippen LogP contribution in [0.5, 0.6) is 0 Å². The molecule has 192 valence electrons. The molecule has 0 bridgehead atoms. The fraction of sp³-hybridized carbons (Fsp3) is 0.632. The Bertz CT molecular complexity index is 801. The molecule has 0 aliphatic carbocycles. The van der Waals surface area contributed by atoms with E-state index < -0.39 is 97.4 Å². The number of amides is 3. The third-order valence-corrected chi connectivity index (χ3v) is 4.80. The molecule has 0 aliphatic rings. The second kappa shape index (κ2) is 14.4. The number of hydrogen-bond donors (Lipinski definition) is 8. The quantitative estimate of drug-likeness (QED) is 0.114. The van der Waals surface area contributed by atoms with Crippen molar-refractivity contribution < 1.29 is 54.0 Å². The molecule has 0 aromatic rings. The summed E-state index contributed by atoms with van der Waals surface area (Å²) in [4.78, 5) is 81.4. The van der Waals surface area contributed by atoms with Gasteiger partial charge in [-0.05, 0) is 12.3 Å². The van der Waals surface area contributed by atoms with Gasteiger partial charge < -0.3 is 42.1 Å². The lowest BCUT2D eigenvalue weighted by Crippen LogP contribution is -2.59. The minimum Gasteiger partial charge on any atom is -0.481 e. The van der Waals surface area contributed by atoms with Gasteiger partial charge in [0.25, 0.3) is 0 Å². The highest BCUT2D eigenvalue weighted by Crippen LogP contribution is 2.10. The average molecular weight is 490 g/mol. The van der Waals surface area contributed by atoms with Crippen molar-refractivity contribution in [2.24, 2.45) is 11.7 Å². The van der Waals surface area contributed by atoms with Crippen LogP contribution in [0, 0.1) is 5.92 Å². The van der Waals surface area contributed by atoms with E-state index in [0.29, 0.717) is 6.42 Å². The zero-order valence-corrected chi connectivity index (χ0v) is 18.6. The van der Waals surface area contributed by atoms with Crippen LogP contribution < -0.4 is 21.7 Å². The molecule has 15 nitrogen and oxygen atoms in total. The first-order valence-corrected chi connectivity index (χ1v) is 10.2. The van der Waals surface area contributed by atoms with Crippen molar-refractivity contribution in [1.29, 1.82) is 0 Å².